The Labute approximate surface area is 109 Å². The van der Waals surface area contributed by atoms with Gasteiger partial charge in [0.1, 0.15) is 5.82 Å². The van der Waals surface area contributed by atoms with E-state index in [1.807, 2.05) is 0 Å². The molecule has 4 nitrogen and oxygen atoms in total. The smallest absolute Gasteiger partial charge is 0.128 e. The summed E-state index contributed by atoms with van der Waals surface area (Å²) in [6.07, 6.45) is 4.58. The standard InChI is InChI=1S/C14H22N4/c1-17-7-9-18(10-8-17)14-5-4-12(11-16-14)13-3-2-6-15-13/h4-5,11,13,15H,2-3,6-10H2,1H3/t13-/m0/s1. The van der Waals surface area contributed by atoms with Crippen molar-refractivity contribution in [1.29, 1.82) is 0 Å². The van der Waals surface area contributed by atoms with Crippen molar-refractivity contribution in [3.63, 3.8) is 0 Å². The predicted octanol–water partition coefficient (Wildman–Crippen LogP) is 1.26. The summed E-state index contributed by atoms with van der Waals surface area (Å²) < 4.78 is 0. The van der Waals surface area contributed by atoms with Crippen molar-refractivity contribution in [3.8, 4) is 0 Å². The molecule has 3 heterocycles. The molecule has 0 aliphatic carbocycles. The van der Waals surface area contributed by atoms with Crippen LogP contribution >= 0.6 is 0 Å². The van der Waals surface area contributed by atoms with Crippen molar-refractivity contribution in [2.24, 2.45) is 0 Å². The number of piperazine rings is 1. The van der Waals surface area contributed by atoms with E-state index < -0.39 is 0 Å². The second kappa shape index (κ2) is 5.24. The van der Waals surface area contributed by atoms with Gasteiger partial charge in [-0.2, -0.15) is 0 Å². The fraction of sp³-hybridized carbons (Fsp3) is 0.643. The Bertz CT molecular complexity index is 375. The maximum absolute atomic E-state index is 4.64. The summed E-state index contributed by atoms with van der Waals surface area (Å²) in [4.78, 5) is 9.39. The lowest BCUT2D eigenvalue weighted by atomic mass is 10.1. The zero-order chi connectivity index (χ0) is 12.4. The minimum Gasteiger partial charge on any atom is -0.354 e. The topological polar surface area (TPSA) is 31.4 Å². The first kappa shape index (κ1) is 11.9. The Hall–Kier alpha value is -1.13. The number of rotatable bonds is 2. The van der Waals surface area contributed by atoms with E-state index in [0.29, 0.717) is 6.04 Å². The van der Waals surface area contributed by atoms with Gasteiger partial charge in [-0.25, -0.2) is 4.98 Å². The molecule has 2 aliphatic rings. The molecule has 4 heteroatoms. The van der Waals surface area contributed by atoms with Crippen molar-refractivity contribution in [2.45, 2.75) is 18.9 Å². The zero-order valence-corrected chi connectivity index (χ0v) is 11.1. The Morgan fingerprint density at radius 3 is 2.67 bits per heavy atom. The summed E-state index contributed by atoms with van der Waals surface area (Å²) in [6.45, 7) is 5.58. The monoisotopic (exact) mass is 246 g/mol. The Morgan fingerprint density at radius 1 is 1.22 bits per heavy atom. The molecule has 0 radical (unpaired) electrons. The average Bonchev–Trinajstić information content (AvgIpc) is 2.94. The van der Waals surface area contributed by atoms with Gasteiger partial charge in [0.15, 0.2) is 0 Å². The number of aromatic nitrogens is 1. The van der Waals surface area contributed by atoms with Gasteiger partial charge in [0, 0.05) is 38.4 Å². The van der Waals surface area contributed by atoms with Crippen molar-refractivity contribution in [3.05, 3.63) is 23.9 Å². The van der Waals surface area contributed by atoms with E-state index in [1.54, 1.807) is 0 Å². The third-order valence-corrected chi connectivity index (χ3v) is 4.06. The molecule has 1 N–H and O–H groups in total. The van der Waals surface area contributed by atoms with E-state index in [1.165, 1.54) is 18.4 Å². The molecule has 1 atom stereocenters. The molecule has 0 unspecified atom stereocenters. The van der Waals surface area contributed by atoms with Crippen molar-refractivity contribution >= 4 is 5.82 Å². The van der Waals surface area contributed by atoms with Gasteiger partial charge in [0.2, 0.25) is 0 Å². The Kier molecular flexibility index (Phi) is 3.48. The van der Waals surface area contributed by atoms with E-state index in [4.69, 9.17) is 0 Å². The second-order valence-corrected chi connectivity index (χ2v) is 5.39. The first-order chi connectivity index (χ1) is 8.83. The van der Waals surface area contributed by atoms with E-state index >= 15 is 0 Å². The molecule has 3 rings (SSSR count). The van der Waals surface area contributed by atoms with E-state index in [9.17, 15) is 0 Å². The quantitative estimate of drug-likeness (QED) is 0.851. The highest BCUT2D eigenvalue weighted by Crippen LogP contribution is 2.23. The first-order valence-electron chi connectivity index (χ1n) is 6.96. The molecule has 2 saturated heterocycles. The van der Waals surface area contributed by atoms with Gasteiger partial charge in [-0.15, -0.1) is 0 Å². The molecule has 0 saturated carbocycles. The number of likely N-dealkylation sites (N-methyl/N-ethyl adjacent to an activating group) is 1. The predicted molar refractivity (Wildman–Crippen MR) is 73.9 cm³/mol. The molecule has 2 fully saturated rings. The largest absolute Gasteiger partial charge is 0.354 e. The van der Waals surface area contributed by atoms with Gasteiger partial charge in [0.05, 0.1) is 0 Å². The highest BCUT2D eigenvalue weighted by atomic mass is 15.3. The highest BCUT2D eigenvalue weighted by molar-refractivity contribution is 5.40. The number of hydrogen-bond donors (Lipinski definition) is 1. The molecule has 1 aromatic rings. The molecule has 98 valence electrons. The third kappa shape index (κ3) is 2.49. The minimum atomic E-state index is 0.527. The maximum atomic E-state index is 4.64. The summed E-state index contributed by atoms with van der Waals surface area (Å²) in [7, 11) is 2.18. The molecule has 18 heavy (non-hydrogen) atoms. The van der Waals surface area contributed by atoms with Crippen LogP contribution in [0.3, 0.4) is 0 Å². The lowest BCUT2D eigenvalue weighted by Gasteiger charge is -2.33. The van der Waals surface area contributed by atoms with Crippen LogP contribution in [0, 0.1) is 0 Å². The molecule has 0 aromatic carbocycles. The van der Waals surface area contributed by atoms with Crippen LogP contribution in [-0.4, -0.2) is 49.7 Å². The van der Waals surface area contributed by atoms with Crippen LogP contribution in [0.4, 0.5) is 5.82 Å². The fourth-order valence-electron chi connectivity index (χ4n) is 2.80. The Balaban J connectivity index is 1.67. The number of hydrogen-bond acceptors (Lipinski definition) is 4. The summed E-state index contributed by atoms with van der Waals surface area (Å²) in [5.41, 5.74) is 1.34. The molecular weight excluding hydrogens is 224 g/mol. The SMILES string of the molecule is CN1CCN(c2ccc([C@@H]3CCCN3)cn2)CC1. The summed E-state index contributed by atoms with van der Waals surface area (Å²) in [5.74, 6) is 1.13. The van der Waals surface area contributed by atoms with Crippen LogP contribution in [-0.2, 0) is 0 Å². The van der Waals surface area contributed by atoms with Gasteiger partial charge in [-0.3, -0.25) is 0 Å². The third-order valence-electron chi connectivity index (χ3n) is 4.06. The molecule has 0 spiro atoms. The lowest BCUT2D eigenvalue weighted by molar-refractivity contribution is 0.312. The van der Waals surface area contributed by atoms with Crippen LogP contribution in [0.25, 0.3) is 0 Å². The van der Waals surface area contributed by atoms with E-state index in [0.717, 1.165) is 38.5 Å². The molecule has 0 bridgehead atoms. The maximum Gasteiger partial charge on any atom is 0.128 e. The van der Waals surface area contributed by atoms with Crippen molar-refractivity contribution in [2.75, 3.05) is 44.7 Å². The molecule has 2 aliphatic heterocycles. The zero-order valence-electron chi connectivity index (χ0n) is 11.1. The van der Waals surface area contributed by atoms with Gasteiger partial charge in [-0.1, -0.05) is 6.07 Å². The van der Waals surface area contributed by atoms with Crippen molar-refractivity contribution in [1.82, 2.24) is 15.2 Å². The van der Waals surface area contributed by atoms with Crippen LogP contribution in [0.5, 0.6) is 0 Å². The van der Waals surface area contributed by atoms with Gasteiger partial charge < -0.3 is 15.1 Å². The van der Waals surface area contributed by atoms with E-state index in [-0.39, 0.29) is 0 Å². The van der Waals surface area contributed by atoms with Crippen LogP contribution in [0.15, 0.2) is 18.3 Å². The van der Waals surface area contributed by atoms with E-state index in [2.05, 4.69) is 45.5 Å². The van der Waals surface area contributed by atoms with Crippen LogP contribution in [0.1, 0.15) is 24.4 Å². The second-order valence-electron chi connectivity index (χ2n) is 5.39. The molecular formula is C14H22N4. The van der Waals surface area contributed by atoms with Crippen LogP contribution in [0.2, 0.25) is 0 Å². The molecule has 1 aromatic heterocycles. The molecule has 0 amide bonds. The summed E-state index contributed by atoms with van der Waals surface area (Å²) in [6, 6.07) is 4.95. The number of anilines is 1. The average molecular weight is 246 g/mol. The van der Waals surface area contributed by atoms with Crippen LogP contribution < -0.4 is 10.2 Å². The minimum absolute atomic E-state index is 0.527. The fourth-order valence-corrected chi connectivity index (χ4v) is 2.80. The summed E-state index contributed by atoms with van der Waals surface area (Å²) in [5, 5.41) is 3.52. The van der Waals surface area contributed by atoms with Gasteiger partial charge >= 0.3 is 0 Å². The Morgan fingerprint density at radius 2 is 2.06 bits per heavy atom. The van der Waals surface area contributed by atoms with Crippen molar-refractivity contribution < 1.29 is 0 Å². The number of nitrogens with zero attached hydrogens (tertiary/aromatic N) is 3. The first-order valence-corrected chi connectivity index (χ1v) is 6.96. The normalized spacial score (nSPS) is 25.6. The lowest BCUT2D eigenvalue weighted by Crippen LogP contribution is -2.44. The summed E-state index contributed by atoms with van der Waals surface area (Å²) >= 11 is 0. The van der Waals surface area contributed by atoms with Gasteiger partial charge in [0.25, 0.3) is 0 Å². The highest BCUT2D eigenvalue weighted by Gasteiger charge is 2.18. The van der Waals surface area contributed by atoms with Gasteiger partial charge in [-0.05, 0) is 38.1 Å². The number of nitrogens with one attached hydrogen (secondary N) is 1. The number of pyridine rings is 1.